The minimum atomic E-state index is -3.70. The number of hydrogen-bond donors (Lipinski definition) is 0. The second-order valence-corrected chi connectivity index (χ2v) is 11.1. The predicted molar refractivity (Wildman–Crippen MR) is 141 cm³/mol. The van der Waals surface area contributed by atoms with Crippen LogP contribution in [0.5, 0.6) is 5.75 Å². The lowest BCUT2D eigenvalue weighted by Gasteiger charge is -2.35. The van der Waals surface area contributed by atoms with E-state index in [1.54, 1.807) is 59.8 Å². The maximum absolute atomic E-state index is 13.9. The van der Waals surface area contributed by atoms with Crippen molar-refractivity contribution >= 4 is 26.6 Å². The van der Waals surface area contributed by atoms with Crippen LogP contribution in [0.3, 0.4) is 0 Å². The Morgan fingerprint density at radius 1 is 1.03 bits per heavy atom. The van der Waals surface area contributed by atoms with Gasteiger partial charge in [-0.3, -0.25) is 19.7 Å². The van der Waals surface area contributed by atoms with E-state index in [0.717, 1.165) is 5.39 Å². The number of piperazine rings is 1. The highest BCUT2D eigenvalue weighted by atomic mass is 32.2. The van der Waals surface area contributed by atoms with E-state index in [1.807, 2.05) is 12.1 Å². The lowest BCUT2D eigenvalue weighted by atomic mass is 10.1. The first-order valence-electron chi connectivity index (χ1n) is 12.2. The lowest BCUT2D eigenvalue weighted by molar-refractivity contribution is 0.0624. The zero-order valence-electron chi connectivity index (χ0n) is 20.9. The molecule has 1 fully saturated rings. The Hall–Kier alpha value is -3.89. The molecule has 5 rings (SSSR count). The van der Waals surface area contributed by atoms with Crippen LogP contribution in [0.4, 0.5) is 4.39 Å². The van der Waals surface area contributed by atoms with Gasteiger partial charge in [0, 0.05) is 56.1 Å². The molecule has 10 heteroatoms. The Morgan fingerprint density at radius 3 is 2.58 bits per heavy atom. The molecule has 196 valence electrons. The number of amides is 1. The average Bonchev–Trinajstić information content (AvgIpc) is 2.93. The standard InChI is InChI=1S/C28H27FN4O4S/c1-37-25-16-20(19-38(35,36)26-6-2-4-21-5-3-10-31-27(21)26)7-8-23(25)28(34)33-14-12-32(13-15-33)18-22-9-11-30-17-24(22)29/h2-11,16-17H,12-15,18-19H2,1H3. The van der Waals surface area contributed by atoms with Crippen molar-refractivity contribution in [3.63, 3.8) is 0 Å². The van der Waals surface area contributed by atoms with Gasteiger partial charge in [0.05, 0.1) is 35.0 Å². The molecule has 1 aliphatic rings. The molecular formula is C28H27FN4O4S. The van der Waals surface area contributed by atoms with Crippen molar-refractivity contribution in [1.82, 2.24) is 19.8 Å². The molecule has 2 aromatic heterocycles. The number of nitrogens with zero attached hydrogens (tertiary/aromatic N) is 4. The Balaban J connectivity index is 1.29. The summed E-state index contributed by atoms with van der Waals surface area (Å²) < 4.78 is 46.0. The highest BCUT2D eigenvalue weighted by molar-refractivity contribution is 7.90. The van der Waals surface area contributed by atoms with Gasteiger partial charge in [-0.2, -0.15) is 0 Å². The van der Waals surface area contributed by atoms with Gasteiger partial charge in [-0.25, -0.2) is 12.8 Å². The summed E-state index contributed by atoms with van der Waals surface area (Å²) in [6, 6.07) is 15.2. The van der Waals surface area contributed by atoms with Crippen LogP contribution in [0.1, 0.15) is 21.5 Å². The van der Waals surface area contributed by atoms with Crippen molar-refractivity contribution in [2.45, 2.75) is 17.2 Å². The zero-order chi connectivity index (χ0) is 26.7. The summed E-state index contributed by atoms with van der Waals surface area (Å²) in [5.41, 5.74) is 1.88. The molecule has 0 atom stereocenters. The molecule has 3 heterocycles. The number of carbonyl (C=O) groups is 1. The number of rotatable bonds is 7. The topological polar surface area (TPSA) is 92.7 Å². The predicted octanol–water partition coefficient (Wildman–Crippen LogP) is 3.71. The number of ether oxygens (including phenoxy) is 1. The Labute approximate surface area is 220 Å². The van der Waals surface area contributed by atoms with Crippen LogP contribution >= 0.6 is 0 Å². The number of benzene rings is 2. The van der Waals surface area contributed by atoms with Crippen molar-refractivity contribution in [2.24, 2.45) is 0 Å². The fourth-order valence-corrected chi connectivity index (χ4v) is 6.20. The first kappa shape index (κ1) is 25.7. The van der Waals surface area contributed by atoms with E-state index in [9.17, 15) is 17.6 Å². The maximum Gasteiger partial charge on any atom is 0.257 e. The van der Waals surface area contributed by atoms with Crippen LogP contribution in [0, 0.1) is 5.82 Å². The summed E-state index contributed by atoms with van der Waals surface area (Å²) in [6.45, 7) is 2.63. The van der Waals surface area contributed by atoms with Crippen molar-refractivity contribution in [3.05, 3.63) is 95.7 Å². The Morgan fingerprint density at radius 2 is 1.82 bits per heavy atom. The van der Waals surface area contributed by atoms with Gasteiger partial charge in [-0.05, 0) is 35.9 Å². The fraction of sp³-hybridized carbons (Fsp3) is 0.250. The summed E-state index contributed by atoms with van der Waals surface area (Å²) in [7, 11) is -2.24. The number of carbonyl (C=O) groups excluding carboxylic acids is 1. The van der Waals surface area contributed by atoms with Crippen molar-refractivity contribution in [3.8, 4) is 5.75 Å². The summed E-state index contributed by atoms with van der Waals surface area (Å²) in [6.07, 6.45) is 4.34. The monoisotopic (exact) mass is 534 g/mol. The molecule has 1 amide bonds. The first-order valence-corrected chi connectivity index (χ1v) is 13.8. The number of sulfone groups is 1. The smallest absolute Gasteiger partial charge is 0.257 e. The summed E-state index contributed by atoms with van der Waals surface area (Å²) in [5, 5.41) is 0.748. The SMILES string of the molecule is COc1cc(CS(=O)(=O)c2cccc3cccnc23)ccc1C(=O)N1CCN(Cc2ccncc2F)CC1. The van der Waals surface area contributed by atoms with Crippen molar-refractivity contribution in [2.75, 3.05) is 33.3 Å². The number of para-hydroxylation sites is 1. The zero-order valence-corrected chi connectivity index (χ0v) is 21.7. The van der Waals surface area contributed by atoms with E-state index in [2.05, 4.69) is 14.9 Å². The second kappa shape index (κ2) is 10.8. The van der Waals surface area contributed by atoms with Gasteiger partial charge in [0.2, 0.25) is 0 Å². The van der Waals surface area contributed by atoms with Gasteiger partial charge in [0.15, 0.2) is 9.84 Å². The largest absolute Gasteiger partial charge is 0.496 e. The quantitative estimate of drug-likeness (QED) is 0.357. The number of methoxy groups -OCH3 is 1. The van der Waals surface area contributed by atoms with E-state index in [1.165, 1.54) is 13.3 Å². The molecule has 0 saturated carbocycles. The summed E-state index contributed by atoms with van der Waals surface area (Å²) >= 11 is 0. The molecule has 0 N–H and O–H groups in total. The molecule has 38 heavy (non-hydrogen) atoms. The molecule has 0 bridgehead atoms. The van der Waals surface area contributed by atoms with Crippen LogP contribution in [-0.4, -0.2) is 67.4 Å². The van der Waals surface area contributed by atoms with E-state index < -0.39 is 9.84 Å². The minimum absolute atomic E-state index is 0.166. The highest BCUT2D eigenvalue weighted by Gasteiger charge is 2.26. The molecule has 0 radical (unpaired) electrons. The third kappa shape index (κ3) is 5.36. The van der Waals surface area contributed by atoms with Gasteiger partial charge in [0.1, 0.15) is 11.6 Å². The molecule has 1 aliphatic heterocycles. The van der Waals surface area contributed by atoms with Crippen LogP contribution in [-0.2, 0) is 22.1 Å². The van der Waals surface area contributed by atoms with Gasteiger partial charge in [-0.1, -0.05) is 24.3 Å². The average molecular weight is 535 g/mol. The molecular weight excluding hydrogens is 507 g/mol. The van der Waals surface area contributed by atoms with Crippen molar-refractivity contribution < 1.29 is 22.3 Å². The third-order valence-corrected chi connectivity index (χ3v) is 8.41. The minimum Gasteiger partial charge on any atom is -0.496 e. The normalized spacial score (nSPS) is 14.5. The fourth-order valence-electron chi connectivity index (χ4n) is 4.68. The molecule has 4 aromatic rings. The van der Waals surface area contributed by atoms with Gasteiger partial charge >= 0.3 is 0 Å². The number of pyridine rings is 2. The Bertz CT molecular complexity index is 1580. The van der Waals surface area contributed by atoms with Crippen LogP contribution in [0.2, 0.25) is 0 Å². The lowest BCUT2D eigenvalue weighted by Crippen LogP contribution is -2.48. The van der Waals surface area contributed by atoms with Gasteiger partial charge in [-0.15, -0.1) is 0 Å². The van der Waals surface area contributed by atoms with Gasteiger partial charge in [0.25, 0.3) is 5.91 Å². The third-order valence-electron chi connectivity index (χ3n) is 6.69. The molecule has 0 spiro atoms. The van der Waals surface area contributed by atoms with E-state index >= 15 is 0 Å². The van der Waals surface area contributed by atoms with Gasteiger partial charge < -0.3 is 9.64 Å². The van der Waals surface area contributed by atoms with E-state index in [4.69, 9.17) is 4.74 Å². The molecule has 0 aliphatic carbocycles. The molecule has 2 aromatic carbocycles. The molecule has 1 saturated heterocycles. The highest BCUT2D eigenvalue weighted by Crippen LogP contribution is 2.28. The van der Waals surface area contributed by atoms with Crippen LogP contribution in [0.15, 0.2) is 78.1 Å². The van der Waals surface area contributed by atoms with Crippen LogP contribution in [0.25, 0.3) is 10.9 Å². The first-order chi connectivity index (χ1) is 18.4. The summed E-state index contributed by atoms with van der Waals surface area (Å²) in [5.74, 6) is -0.462. The van der Waals surface area contributed by atoms with Crippen molar-refractivity contribution in [1.29, 1.82) is 0 Å². The number of fused-ring (bicyclic) bond motifs is 1. The van der Waals surface area contributed by atoms with E-state index in [-0.39, 0.29) is 22.4 Å². The number of hydrogen-bond acceptors (Lipinski definition) is 7. The van der Waals surface area contributed by atoms with E-state index in [0.29, 0.717) is 60.7 Å². The number of aromatic nitrogens is 2. The maximum atomic E-state index is 13.9. The molecule has 8 nitrogen and oxygen atoms in total. The molecule has 0 unspecified atom stereocenters. The van der Waals surface area contributed by atoms with Crippen LogP contribution < -0.4 is 4.74 Å². The second-order valence-electron chi connectivity index (χ2n) is 9.16. The summed E-state index contributed by atoms with van der Waals surface area (Å²) in [4.78, 5) is 25.3. The Kier molecular flexibility index (Phi) is 7.35. The number of halogens is 1.